The van der Waals surface area contributed by atoms with Crippen LogP contribution >= 0.6 is 39.3 Å². The van der Waals surface area contributed by atoms with Gasteiger partial charge in [-0.05, 0) is 64.8 Å². The Hall–Kier alpha value is -2.36. The Labute approximate surface area is 184 Å². The summed E-state index contributed by atoms with van der Waals surface area (Å²) in [7, 11) is 0. The minimum absolute atomic E-state index is 0.0657. The number of nitrogens with one attached hydrogen (secondary N) is 1. The number of hydrogen-bond acceptors (Lipinski definition) is 7. The van der Waals surface area contributed by atoms with E-state index in [1.165, 1.54) is 0 Å². The van der Waals surface area contributed by atoms with Crippen LogP contribution < -0.4 is 5.32 Å². The highest BCUT2D eigenvalue weighted by molar-refractivity contribution is 9.10. The van der Waals surface area contributed by atoms with E-state index in [9.17, 15) is 9.59 Å². The number of nitrogens with zero attached hydrogens (tertiary/aromatic N) is 2. The third-order valence-electron chi connectivity index (χ3n) is 3.57. The highest BCUT2D eigenvalue weighted by Gasteiger charge is 2.14. The maximum Gasteiger partial charge on any atom is 0.316 e. The molecule has 0 unspecified atom stereocenters. The molecule has 0 saturated heterocycles. The number of benzene rings is 2. The number of rotatable bonds is 7. The molecule has 1 amide bonds. The molecule has 0 aliphatic rings. The number of carbonyl (C=O) groups excluding carboxylic acids is 2. The molecule has 1 heterocycles. The summed E-state index contributed by atoms with van der Waals surface area (Å²) >= 11 is 10.2. The van der Waals surface area contributed by atoms with Crippen molar-refractivity contribution < 1.29 is 18.7 Å². The molecule has 10 heteroatoms. The quantitative estimate of drug-likeness (QED) is 0.373. The maximum absolute atomic E-state index is 11.9. The number of esters is 1. The van der Waals surface area contributed by atoms with Gasteiger partial charge in [-0.2, -0.15) is 0 Å². The SMILES string of the molecule is Cc1ccc(NC(=O)COC(=O)CSc2nnc(-c3ccc(Cl)cc3)o2)c(Br)c1. The average Bonchev–Trinajstić information content (AvgIpc) is 3.16. The number of anilines is 1. The molecule has 0 radical (unpaired) electrons. The summed E-state index contributed by atoms with van der Waals surface area (Å²) in [5.41, 5.74) is 2.38. The highest BCUT2D eigenvalue weighted by Crippen LogP contribution is 2.25. The van der Waals surface area contributed by atoms with Crippen LogP contribution in [0.2, 0.25) is 5.02 Å². The van der Waals surface area contributed by atoms with Crippen molar-refractivity contribution in [3.63, 3.8) is 0 Å². The van der Waals surface area contributed by atoms with E-state index >= 15 is 0 Å². The third kappa shape index (κ3) is 6.31. The number of hydrogen-bond donors (Lipinski definition) is 1. The molecule has 0 spiro atoms. The van der Waals surface area contributed by atoms with E-state index in [-0.39, 0.29) is 17.6 Å². The van der Waals surface area contributed by atoms with Crippen LogP contribution in [0.1, 0.15) is 5.56 Å². The van der Waals surface area contributed by atoms with Gasteiger partial charge in [0.05, 0.1) is 5.69 Å². The number of ether oxygens (including phenoxy) is 1. The number of carbonyl (C=O) groups is 2. The molecule has 0 aliphatic heterocycles. The van der Waals surface area contributed by atoms with Gasteiger partial charge in [-0.1, -0.05) is 29.4 Å². The average molecular weight is 497 g/mol. The number of amides is 1. The normalized spacial score (nSPS) is 10.6. The Morgan fingerprint density at radius 1 is 1.21 bits per heavy atom. The highest BCUT2D eigenvalue weighted by atomic mass is 79.9. The second kappa shape index (κ2) is 9.91. The van der Waals surface area contributed by atoms with Crippen LogP contribution in [0.25, 0.3) is 11.5 Å². The summed E-state index contributed by atoms with van der Waals surface area (Å²) in [5.74, 6) is -0.750. The van der Waals surface area contributed by atoms with Crippen molar-refractivity contribution in [3.05, 3.63) is 57.5 Å². The summed E-state index contributed by atoms with van der Waals surface area (Å²) < 4.78 is 11.2. The molecule has 0 saturated carbocycles. The number of halogens is 2. The van der Waals surface area contributed by atoms with Crippen molar-refractivity contribution in [1.82, 2.24) is 10.2 Å². The van der Waals surface area contributed by atoms with Crippen LogP contribution in [-0.2, 0) is 14.3 Å². The number of aromatic nitrogens is 2. The summed E-state index contributed by atoms with van der Waals surface area (Å²) in [6, 6.07) is 12.4. The second-order valence-electron chi connectivity index (χ2n) is 5.86. The molecule has 3 rings (SSSR count). The van der Waals surface area contributed by atoms with Crippen molar-refractivity contribution in [2.24, 2.45) is 0 Å². The molecule has 1 N–H and O–H groups in total. The van der Waals surface area contributed by atoms with Gasteiger partial charge in [-0.15, -0.1) is 10.2 Å². The zero-order valence-electron chi connectivity index (χ0n) is 15.1. The summed E-state index contributed by atoms with van der Waals surface area (Å²) in [6.45, 7) is 1.55. The van der Waals surface area contributed by atoms with Gasteiger partial charge in [0.2, 0.25) is 5.89 Å². The lowest BCUT2D eigenvalue weighted by molar-refractivity contribution is -0.144. The maximum atomic E-state index is 11.9. The van der Waals surface area contributed by atoms with Crippen molar-refractivity contribution in [3.8, 4) is 11.5 Å². The molecule has 29 heavy (non-hydrogen) atoms. The van der Waals surface area contributed by atoms with Gasteiger partial charge in [-0.25, -0.2) is 0 Å². The van der Waals surface area contributed by atoms with E-state index in [4.69, 9.17) is 20.8 Å². The summed E-state index contributed by atoms with van der Waals surface area (Å²) in [6.07, 6.45) is 0. The second-order valence-corrected chi connectivity index (χ2v) is 8.08. The molecule has 0 fully saturated rings. The molecule has 2 aromatic carbocycles. The van der Waals surface area contributed by atoms with E-state index < -0.39 is 11.9 Å². The van der Waals surface area contributed by atoms with Crippen LogP contribution in [0.4, 0.5) is 5.69 Å². The van der Waals surface area contributed by atoms with Crippen LogP contribution in [-0.4, -0.2) is 34.4 Å². The fourth-order valence-corrected chi connectivity index (χ4v) is 3.47. The first-order chi connectivity index (χ1) is 13.9. The first-order valence-corrected chi connectivity index (χ1v) is 10.5. The number of aryl methyl sites for hydroxylation is 1. The Bertz CT molecular complexity index is 1030. The minimum atomic E-state index is -0.570. The Morgan fingerprint density at radius 3 is 2.69 bits per heavy atom. The Kier molecular flexibility index (Phi) is 7.29. The summed E-state index contributed by atoms with van der Waals surface area (Å²) in [5, 5.41) is 11.3. The van der Waals surface area contributed by atoms with E-state index in [1.54, 1.807) is 30.3 Å². The molecule has 1 aromatic heterocycles. The largest absolute Gasteiger partial charge is 0.455 e. The lowest BCUT2D eigenvalue weighted by Crippen LogP contribution is -2.21. The molecule has 7 nitrogen and oxygen atoms in total. The predicted octanol–water partition coefficient (Wildman–Crippen LogP) is 4.73. The molecule has 150 valence electrons. The zero-order chi connectivity index (χ0) is 20.8. The fourth-order valence-electron chi connectivity index (χ4n) is 2.19. The monoisotopic (exact) mass is 495 g/mol. The van der Waals surface area contributed by atoms with Gasteiger partial charge in [-0.3, -0.25) is 9.59 Å². The van der Waals surface area contributed by atoms with Crippen molar-refractivity contribution in [2.75, 3.05) is 17.7 Å². The Balaban J connectivity index is 1.44. The predicted molar refractivity (Wildman–Crippen MR) is 114 cm³/mol. The van der Waals surface area contributed by atoms with Gasteiger partial charge in [0.25, 0.3) is 11.1 Å². The molecule has 3 aromatic rings. The standard InChI is InChI=1S/C19H15BrClN3O4S/c1-11-2-7-15(14(20)8-11)22-16(25)9-27-17(26)10-29-19-24-23-18(28-19)12-3-5-13(21)6-4-12/h2-8H,9-10H2,1H3,(H,22,25). The van der Waals surface area contributed by atoms with Gasteiger partial charge in [0.15, 0.2) is 6.61 Å². The topological polar surface area (TPSA) is 94.3 Å². The van der Waals surface area contributed by atoms with E-state index in [0.29, 0.717) is 16.6 Å². The van der Waals surface area contributed by atoms with Gasteiger partial charge < -0.3 is 14.5 Å². The van der Waals surface area contributed by atoms with Crippen LogP contribution in [0.5, 0.6) is 0 Å². The van der Waals surface area contributed by atoms with Crippen LogP contribution in [0.3, 0.4) is 0 Å². The number of thioether (sulfide) groups is 1. The van der Waals surface area contributed by atoms with Crippen LogP contribution in [0, 0.1) is 6.92 Å². The first kappa shape index (κ1) is 21.4. The lowest BCUT2D eigenvalue weighted by Gasteiger charge is -2.08. The van der Waals surface area contributed by atoms with Gasteiger partial charge >= 0.3 is 5.97 Å². The molecular weight excluding hydrogens is 482 g/mol. The lowest BCUT2D eigenvalue weighted by atomic mass is 10.2. The molecule has 0 atom stereocenters. The molecule has 0 aliphatic carbocycles. The minimum Gasteiger partial charge on any atom is -0.455 e. The van der Waals surface area contributed by atoms with Crippen molar-refractivity contribution in [1.29, 1.82) is 0 Å². The zero-order valence-corrected chi connectivity index (χ0v) is 18.3. The van der Waals surface area contributed by atoms with Crippen molar-refractivity contribution >= 4 is 56.9 Å². The van der Waals surface area contributed by atoms with Gasteiger partial charge in [0.1, 0.15) is 5.75 Å². The van der Waals surface area contributed by atoms with Gasteiger partial charge in [0, 0.05) is 15.1 Å². The first-order valence-electron chi connectivity index (χ1n) is 8.34. The molecule has 0 bridgehead atoms. The third-order valence-corrected chi connectivity index (χ3v) is 5.27. The van der Waals surface area contributed by atoms with E-state index in [0.717, 1.165) is 27.4 Å². The smallest absolute Gasteiger partial charge is 0.316 e. The Morgan fingerprint density at radius 2 is 1.97 bits per heavy atom. The molecular formula is C19H15BrClN3O4S. The van der Waals surface area contributed by atoms with Crippen molar-refractivity contribution in [2.45, 2.75) is 12.1 Å². The fraction of sp³-hybridized carbons (Fsp3) is 0.158. The van der Waals surface area contributed by atoms with Crippen LogP contribution in [0.15, 0.2) is 56.6 Å². The summed E-state index contributed by atoms with van der Waals surface area (Å²) in [4.78, 5) is 23.8. The van der Waals surface area contributed by atoms with E-state index in [1.807, 2.05) is 19.1 Å². The van der Waals surface area contributed by atoms with E-state index in [2.05, 4.69) is 31.4 Å².